The normalized spacial score (nSPS) is 16.3. The van der Waals surface area contributed by atoms with Crippen molar-refractivity contribution in [3.63, 3.8) is 0 Å². The Morgan fingerprint density at radius 2 is 2.00 bits per heavy atom. The highest BCUT2D eigenvalue weighted by atomic mass is 32.3. The molecule has 0 radical (unpaired) electrons. The van der Waals surface area contributed by atoms with Gasteiger partial charge >= 0.3 is 0 Å². The van der Waals surface area contributed by atoms with Crippen molar-refractivity contribution in [2.24, 2.45) is 0 Å². The van der Waals surface area contributed by atoms with Crippen molar-refractivity contribution < 1.29 is 23.1 Å². The van der Waals surface area contributed by atoms with E-state index in [0.717, 1.165) is 11.3 Å². The Labute approximate surface area is 169 Å². The first-order valence-electron chi connectivity index (χ1n) is 8.98. The smallest absolute Gasteiger partial charge is 0.277 e. The van der Waals surface area contributed by atoms with Gasteiger partial charge in [-0.1, -0.05) is 29.0 Å². The summed E-state index contributed by atoms with van der Waals surface area (Å²) in [6.45, 7) is 4.15. The van der Waals surface area contributed by atoms with Gasteiger partial charge in [0, 0.05) is 5.69 Å². The molecule has 1 aliphatic rings. The van der Waals surface area contributed by atoms with Gasteiger partial charge < -0.3 is 14.5 Å². The van der Waals surface area contributed by atoms with E-state index < -0.39 is 16.7 Å². The molecule has 3 aromatic rings. The van der Waals surface area contributed by atoms with Gasteiger partial charge in [0.15, 0.2) is 12.1 Å². The number of para-hydroxylation sites is 1. The Hall–Kier alpha value is -3.01. The van der Waals surface area contributed by atoms with Gasteiger partial charge in [0.05, 0.1) is 12.2 Å². The second kappa shape index (κ2) is 7.43. The first-order chi connectivity index (χ1) is 13.9. The highest BCUT2D eigenvalue weighted by Crippen LogP contribution is 2.58. The number of hydrogen-bond acceptors (Lipinski definition) is 7. The molecule has 0 spiro atoms. The summed E-state index contributed by atoms with van der Waals surface area (Å²) in [7, 11) is -3.39. The van der Waals surface area contributed by atoms with E-state index in [-0.39, 0.29) is 10.6 Å². The number of carbonyl (C=O) groups is 1. The molecular weight excluding hydrogens is 394 g/mol. The van der Waals surface area contributed by atoms with Crippen LogP contribution < -0.4 is 14.4 Å². The van der Waals surface area contributed by atoms with E-state index in [2.05, 4.69) is 10.3 Å². The molecule has 3 N–H and O–H groups in total. The minimum absolute atomic E-state index is 0.171. The van der Waals surface area contributed by atoms with Gasteiger partial charge in [-0.25, -0.2) is 4.98 Å². The maximum atomic E-state index is 12.4. The number of rotatable bonds is 3. The molecule has 1 aromatic heterocycles. The van der Waals surface area contributed by atoms with Gasteiger partial charge in [0.25, 0.3) is 5.91 Å². The quantitative estimate of drug-likeness (QED) is 0.579. The monoisotopic (exact) mass is 415 g/mol. The number of benzene rings is 2. The maximum absolute atomic E-state index is 12.4. The van der Waals surface area contributed by atoms with E-state index in [0.29, 0.717) is 30.3 Å². The third-order valence-corrected chi connectivity index (χ3v) is 6.60. The van der Waals surface area contributed by atoms with Gasteiger partial charge in [-0.2, -0.15) is 0 Å². The van der Waals surface area contributed by atoms with Crippen LogP contribution in [0.2, 0.25) is 0 Å². The number of aromatic nitrogens is 1. The first kappa shape index (κ1) is 19.3. The molecule has 8 nitrogen and oxygen atoms in total. The zero-order chi connectivity index (χ0) is 20.6. The fourth-order valence-corrected chi connectivity index (χ4v) is 4.95. The third-order valence-electron chi connectivity index (χ3n) is 4.70. The number of fused-ring (bicyclic) bond motifs is 1. The molecule has 0 unspecified atom stereocenters. The van der Waals surface area contributed by atoms with Crippen LogP contribution in [0.25, 0.3) is 0 Å². The number of amides is 1. The van der Waals surface area contributed by atoms with Crippen LogP contribution in [0.3, 0.4) is 0 Å². The van der Waals surface area contributed by atoms with Crippen molar-refractivity contribution in [2.75, 3.05) is 22.8 Å². The molecule has 1 aliphatic heterocycles. The Kier molecular flexibility index (Phi) is 4.95. The van der Waals surface area contributed by atoms with Gasteiger partial charge in [-0.3, -0.25) is 18.2 Å². The third kappa shape index (κ3) is 3.55. The number of anilines is 2. The number of hydrogen-bond donors (Lipinski definition) is 3. The van der Waals surface area contributed by atoms with Gasteiger partial charge in [0.2, 0.25) is 0 Å². The first-order valence-corrected chi connectivity index (χ1v) is 10.5. The van der Waals surface area contributed by atoms with E-state index in [4.69, 9.17) is 9.15 Å². The standard InChI is InChI=1S/C20H21N3O5S/c1-13-5-3-4-6-16(13)23-9-10-27-17-8-7-15(11-18(17)29(23,25)26)22-20(24)19-14(2)28-12-21-19/h3-8,11-12,25-26H,9-10H2,1-2H3,(H,22,24). The summed E-state index contributed by atoms with van der Waals surface area (Å²) < 4.78 is 34.7. The molecule has 9 heteroatoms. The molecule has 1 amide bonds. The van der Waals surface area contributed by atoms with E-state index in [1.165, 1.54) is 12.5 Å². The predicted molar refractivity (Wildman–Crippen MR) is 111 cm³/mol. The van der Waals surface area contributed by atoms with Crippen LogP contribution in [-0.4, -0.2) is 33.1 Å². The minimum atomic E-state index is -3.39. The number of nitrogens with one attached hydrogen (secondary N) is 1. The van der Waals surface area contributed by atoms with E-state index in [1.54, 1.807) is 23.4 Å². The molecule has 0 fully saturated rings. The molecule has 0 atom stereocenters. The summed E-state index contributed by atoms with van der Waals surface area (Å²) >= 11 is 0. The lowest BCUT2D eigenvalue weighted by Gasteiger charge is -2.43. The van der Waals surface area contributed by atoms with Gasteiger partial charge in [0.1, 0.15) is 23.0 Å². The van der Waals surface area contributed by atoms with Crippen LogP contribution in [0.15, 0.2) is 58.2 Å². The number of ether oxygens (including phenoxy) is 1. The number of nitrogens with zero attached hydrogens (tertiary/aromatic N) is 2. The van der Waals surface area contributed by atoms with E-state index in [1.807, 2.05) is 31.2 Å². The second-order valence-electron chi connectivity index (χ2n) is 6.63. The molecule has 0 bridgehead atoms. The van der Waals surface area contributed by atoms with E-state index >= 15 is 0 Å². The lowest BCUT2D eigenvalue weighted by molar-refractivity contribution is 0.102. The lowest BCUT2D eigenvalue weighted by atomic mass is 10.2. The average molecular weight is 415 g/mol. The summed E-state index contributed by atoms with van der Waals surface area (Å²) in [6, 6.07) is 12.3. The summed E-state index contributed by atoms with van der Waals surface area (Å²) in [5.74, 6) is 0.324. The molecule has 2 aromatic carbocycles. The highest BCUT2D eigenvalue weighted by molar-refractivity contribution is 8.25. The second-order valence-corrected chi connectivity index (χ2v) is 8.55. The Balaban J connectivity index is 1.70. The molecule has 0 saturated carbocycles. The van der Waals surface area contributed by atoms with Crippen LogP contribution >= 0.6 is 10.8 Å². The van der Waals surface area contributed by atoms with Crippen LogP contribution in [-0.2, 0) is 0 Å². The molecule has 29 heavy (non-hydrogen) atoms. The maximum Gasteiger partial charge on any atom is 0.277 e. The molecule has 0 aliphatic carbocycles. The average Bonchev–Trinajstić information content (AvgIpc) is 3.07. The zero-order valence-corrected chi connectivity index (χ0v) is 16.8. The summed E-state index contributed by atoms with van der Waals surface area (Å²) in [6.07, 6.45) is 1.20. The van der Waals surface area contributed by atoms with Crippen molar-refractivity contribution in [2.45, 2.75) is 18.7 Å². The fourth-order valence-electron chi connectivity index (χ4n) is 3.22. The SMILES string of the molecule is Cc1ccccc1N1CCOc2ccc(NC(=O)c3ncoc3C)cc2S1(O)O. The number of oxazole rings is 1. The van der Waals surface area contributed by atoms with Crippen LogP contribution in [0.1, 0.15) is 21.8 Å². The molecular formula is C20H21N3O5S. The van der Waals surface area contributed by atoms with Crippen molar-refractivity contribution in [1.82, 2.24) is 4.98 Å². The zero-order valence-electron chi connectivity index (χ0n) is 16.0. The highest BCUT2D eigenvalue weighted by Gasteiger charge is 2.32. The van der Waals surface area contributed by atoms with E-state index in [9.17, 15) is 13.9 Å². The van der Waals surface area contributed by atoms with Crippen molar-refractivity contribution in [3.05, 3.63) is 65.9 Å². The topological polar surface area (TPSA) is 108 Å². The summed E-state index contributed by atoms with van der Waals surface area (Å²) in [4.78, 5) is 16.5. The summed E-state index contributed by atoms with van der Waals surface area (Å²) in [5.41, 5.74) is 2.20. The summed E-state index contributed by atoms with van der Waals surface area (Å²) in [5, 5.41) is 2.72. The van der Waals surface area contributed by atoms with Crippen LogP contribution in [0.5, 0.6) is 5.75 Å². The van der Waals surface area contributed by atoms with Crippen LogP contribution in [0.4, 0.5) is 11.4 Å². The van der Waals surface area contributed by atoms with Crippen molar-refractivity contribution in [1.29, 1.82) is 0 Å². The van der Waals surface area contributed by atoms with Gasteiger partial charge in [-0.15, -0.1) is 0 Å². The fraction of sp³-hybridized carbons (Fsp3) is 0.200. The van der Waals surface area contributed by atoms with Gasteiger partial charge in [-0.05, 0) is 43.7 Å². The van der Waals surface area contributed by atoms with Crippen molar-refractivity contribution in [3.8, 4) is 5.75 Å². The number of aryl methyl sites for hydroxylation is 2. The Morgan fingerprint density at radius 3 is 2.72 bits per heavy atom. The minimum Gasteiger partial charge on any atom is -0.490 e. The lowest BCUT2D eigenvalue weighted by Crippen LogP contribution is -2.30. The molecule has 2 heterocycles. The molecule has 0 saturated heterocycles. The van der Waals surface area contributed by atoms with Crippen molar-refractivity contribution >= 4 is 28.1 Å². The molecule has 152 valence electrons. The Bertz CT molecular complexity index is 1070. The molecule has 4 rings (SSSR count). The van der Waals surface area contributed by atoms with Crippen LogP contribution in [0, 0.1) is 13.8 Å². The number of carbonyl (C=O) groups excluding carboxylic acids is 1. The predicted octanol–water partition coefficient (Wildman–Crippen LogP) is 4.47. The largest absolute Gasteiger partial charge is 0.490 e. The Morgan fingerprint density at radius 1 is 1.21 bits per heavy atom.